The molecule has 2 rings (SSSR count). The molecule has 0 aliphatic carbocycles. The van der Waals surface area contributed by atoms with Gasteiger partial charge in [-0.1, -0.05) is 19.0 Å². The van der Waals surface area contributed by atoms with E-state index in [0.717, 1.165) is 6.54 Å². The van der Waals surface area contributed by atoms with Crippen molar-refractivity contribution < 1.29 is 19.5 Å². The molecule has 2 heterocycles. The minimum Gasteiger partial charge on any atom is -0.395 e. The van der Waals surface area contributed by atoms with Crippen molar-refractivity contribution in [3.63, 3.8) is 0 Å². The molecule has 3 N–H and O–H groups in total. The number of nitrogens with one attached hydrogen (secondary N) is 1. The molecule has 0 spiro atoms. The quantitative estimate of drug-likeness (QED) is 0.684. The fourth-order valence-corrected chi connectivity index (χ4v) is 2.85. The zero-order valence-corrected chi connectivity index (χ0v) is 13.6. The molecule has 1 aliphatic heterocycles. The Morgan fingerprint density at radius 1 is 1.45 bits per heavy atom. The number of aromatic nitrogens is 1. The van der Waals surface area contributed by atoms with Crippen molar-refractivity contribution in [3.8, 4) is 0 Å². The zero-order valence-electron chi connectivity index (χ0n) is 12.8. The van der Waals surface area contributed by atoms with Crippen LogP contribution in [0.15, 0.2) is 16.9 Å². The second-order valence-corrected chi connectivity index (χ2v) is 5.85. The van der Waals surface area contributed by atoms with E-state index in [4.69, 9.17) is 0 Å². The van der Waals surface area contributed by atoms with Crippen LogP contribution in [0.25, 0.3) is 0 Å². The zero-order chi connectivity index (χ0) is 15.4. The third-order valence-corrected chi connectivity index (χ3v) is 4.17. The molecule has 1 aromatic rings. The van der Waals surface area contributed by atoms with Crippen LogP contribution in [0.2, 0.25) is 0 Å². The molecular weight excluding hydrogens is 310 g/mol. The first-order chi connectivity index (χ1) is 10.1. The lowest BCUT2D eigenvalue weighted by atomic mass is 9.91. The number of aliphatic hydroxyl groups is 2. The third kappa shape index (κ3) is 4.19. The maximum Gasteiger partial charge on any atom is 0.273 e. The normalized spacial score (nSPS) is 22.1. The van der Waals surface area contributed by atoms with E-state index in [1.807, 2.05) is 4.90 Å². The number of halogens is 1. The van der Waals surface area contributed by atoms with Gasteiger partial charge < -0.3 is 20.1 Å². The van der Waals surface area contributed by atoms with Crippen molar-refractivity contribution in [1.82, 2.24) is 15.4 Å². The van der Waals surface area contributed by atoms with E-state index in [-0.39, 0.29) is 55.2 Å². The number of hydrogen-bond acceptors (Lipinski definition) is 6. The van der Waals surface area contributed by atoms with Crippen molar-refractivity contribution >= 4 is 18.3 Å². The summed E-state index contributed by atoms with van der Waals surface area (Å²) in [5.74, 6) is 0.392. The number of rotatable bonds is 6. The summed E-state index contributed by atoms with van der Waals surface area (Å²) < 4.78 is 4.68. The van der Waals surface area contributed by atoms with E-state index in [1.54, 1.807) is 0 Å². The molecule has 22 heavy (non-hydrogen) atoms. The second kappa shape index (κ2) is 8.47. The van der Waals surface area contributed by atoms with Gasteiger partial charge in [-0.15, -0.1) is 12.4 Å². The molecule has 0 aromatic carbocycles. The summed E-state index contributed by atoms with van der Waals surface area (Å²) in [7, 11) is 0. The van der Waals surface area contributed by atoms with Gasteiger partial charge in [0.2, 0.25) is 0 Å². The van der Waals surface area contributed by atoms with Crippen molar-refractivity contribution in [3.05, 3.63) is 18.0 Å². The Morgan fingerprint density at radius 3 is 2.64 bits per heavy atom. The average Bonchev–Trinajstić information content (AvgIpc) is 3.09. The van der Waals surface area contributed by atoms with E-state index >= 15 is 0 Å². The maximum atomic E-state index is 12.1. The highest BCUT2D eigenvalue weighted by Gasteiger charge is 2.38. The average molecular weight is 334 g/mol. The highest BCUT2D eigenvalue weighted by molar-refractivity contribution is 5.92. The molecule has 2 atom stereocenters. The largest absolute Gasteiger partial charge is 0.395 e. The summed E-state index contributed by atoms with van der Waals surface area (Å²) in [4.78, 5) is 14.1. The van der Waals surface area contributed by atoms with E-state index in [0.29, 0.717) is 12.5 Å². The van der Waals surface area contributed by atoms with E-state index in [1.165, 1.54) is 12.3 Å². The second-order valence-electron chi connectivity index (χ2n) is 5.85. The molecule has 0 unspecified atom stereocenters. The van der Waals surface area contributed by atoms with Crippen molar-refractivity contribution in [2.24, 2.45) is 11.8 Å². The van der Waals surface area contributed by atoms with Gasteiger partial charge in [0.25, 0.3) is 5.91 Å². The lowest BCUT2D eigenvalue weighted by Gasteiger charge is -2.24. The first kappa shape index (κ1) is 18.9. The SMILES string of the molecule is CC(C)[C@H]1CN(C(CO)CO)C[C@@H]1NC(=O)c1ccon1.Cl. The molecule has 0 bridgehead atoms. The van der Waals surface area contributed by atoms with Gasteiger partial charge in [0.05, 0.1) is 19.3 Å². The Kier molecular flexibility index (Phi) is 7.28. The first-order valence-corrected chi connectivity index (χ1v) is 7.23. The highest BCUT2D eigenvalue weighted by Crippen LogP contribution is 2.26. The van der Waals surface area contributed by atoms with E-state index in [2.05, 4.69) is 28.8 Å². The fraction of sp³-hybridized carbons (Fsp3) is 0.714. The molecular formula is C14H24ClN3O4. The molecule has 126 valence electrons. The summed E-state index contributed by atoms with van der Waals surface area (Å²) >= 11 is 0. The highest BCUT2D eigenvalue weighted by atomic mass is 35.5. The monoisotopic (exact) mass is 333 g/mol. The number of amides is 1. The Labute approximate surface area is 136 Å². The summed E-state index contributed by atoms with van der Waals surface area (Å²) in [5.41, 5.74) is 0.261. The fourth-order valence-electron chi connectivity index (χ4n) is 2.85. The van der Waals surface area contributed by atoms with Crippen LogP contribution in [0.3, 0.4) is 0 Å². The molecule has 0 radical (unpaired) electrons. The summed E-state index contributed by atoms with van der Waals surface area (Å²) in [6.07, 6.45) is 1.36. The molecule has 1 aromatic heterocycles. The van der Waals surface area contributed by atoms with E-state index < -0.39 is 0 Å². The van der Waals surface area contributed by atoms with E-state index in [9.17, 15) is 15.0 Å². The van der Waals surface area contributed by atoms with Gasteiger partial charge in [0.1, 0.15) is 6.26 Å². The Balaban J connectivity index is 0.00000242. The lowest BCUT2D eigenvalue weighted by Crippen LogP contribution is -2.43. The number of carbonyl (C=O) groups is 1. The van der Waals surface area contributed by atoms with Gasteiger partial charge >= 0.3 is 0 Å². The van der Waals surface area contributed by atoms with Crippen LogP contribution in [0.4, 0.5) is 0 Å². The summed E-state index contributed by atoms with van der Waals surface area (Å²) in [5, 5.41) is 25.2. The van der Waals surface area contributed by atoms with Crippen LogP contribution in [0, 0.1) is 11.8 Å². The Morgan fingerprint density at radius 2 is 2.14 bits per heavy atom. The van der Waals surface area contributed by atoms with Gasteiger partial charge in [-0.2, -0.15) is 0 Å². The van der Waals surface area contributed by atoms with Gasteiger partial charge in [-0.25, -0.2) is 0 Å². The Hall–Kier alpha value is -1.15. The van der Waals surface area contributed by atoms with Crippen LogP contribution < -0.4 is 5.32 Å². The predicted octanol–water partition coefficient (Wildman–Crippen LogP) is 0.136. The van der Waals surface area contributed by atoms with Crippen LogP contribution >= 0.6 is 12.4 Å². The number of nitrogens with zero attached hydrogens (tertiary/aromatic N) is 2. The molecule has 7 nitrogen and oxygen atoms in total. The van der Waals surface area contributed by atoms with Gasteiger partial charge in [0, 0.05) is 25.2 Å². The molecule has 1 amide bonds. The van der Waals surface area contributed by atoms with Gasteiger partial charge in [0.15, 0.2) is 5.69 Å². The smallest absolute Gasteiger partial charge is 0.273 e. The lowest BCUT2D eigenvalue weighted by molar-refractivity contribution is 0.0848. The third-order valence-electron chi connectivity index (χ3n) is 4.17. The van der Waals surface area contributed by atoms with Crippen LogP contribution in [0.5, 0.6) is 0 Å². The Bertz CT molecular complexity index is 451. The standard InChI is InChI=1S/C14H23N3O4.ClH/c1-9(2)11-5-17(10(7-18)8-19)6-13(11)15-14(20)12-3-4-21-16-12;/h3-4,9-11,13,18-19H,5-8H2,1-2H3,(H,15,20);1H/t11-,13+;/m1./s1. The predicted molar refractivity (Wildman–Crippen MR) is 82.9 cm³/mol. The van der Waals surface area contributed by atoms with Crippen LogP contribution in [0.1, 0.15) is 24.3 Å². The molecule has 1 aliphatic rings. The van der Waals surface area contributed by atoms with Crippen molar-refractivity contribution in [1.29, 1.82) is 0 Å². The topological polar surface area (TPSA) is 98.8 Å². The minimum atomic E-state index is -0.278. The minimum absolute atomic E-state index is 0. The van der Waals surface area contributed by atoms with Crippen molar-refractivity contribution in [2.75, 3.05) is 26.3 Å². The molecule has 0 saturated carbocycles. The maximum absolute atomic E-state index is 12.1. The van der Waals surface area contributed by atoms with Crippen LogP contribution in [-0.4, -0.2) is 64.6 Å². The van der Waals surface area contributed by atoms with Gasteiger partial charge in [-0.05, 0) is 11.8 Å². The molecule has 1 fully saturated rings. The number of hydrogen-bond donors (Lipinski definition) is 3. The van der Waals surface area contributed by atoms with Gasteiger partial charge in [-0.3, -0.25) is 9.69 Å². The number of likely N-dealkylation sites (tertiary alicyclic amines) is 1. The summed E-state index contributed by atoms with van der Waals surface area (Å²) in [6, 6.07) is 1.21. The van der Waals surface area contributed by atoms with Crippen molar-refractivity contribution in [2.45, 2.75) is 25.9 Å². The summed E-state index contributed by atoms with van der Waals surface area (Å²) in [6.45, 7) is 5.38. The van der Waals surface area contributed by atoms with Crippen LogP contribution in [-0.2, 0) is 0 Å². The molecule has 8 heteroatoms. The molecule has 1 saturated heterocycles. The first-order valence-electron chi connectivity index (χ1n) is 7.23. The number of aliphatic hydroxyl groups excluding tert-OH is 2. The number of carbonyl (C=O) groups excluding carboxylic acids is 1.